The van der Waals surface area contributed by atoms with Crippen LogP contribution in [0.5, 0.6) is 17.5 Å². The molecule has 8 nitrogen and oxygen atoms in total. The maximum absolute atomic E-state index is 13.6. The van der Waals surface area contributed by atoms with Gasteiger partial charge >= 0.3 is 6.18 Å². The second-order valence-corrected chi connectivity index (χ2v) is 6.30. The van der Waals surface area contributed by atoms with E-state index < -0.39 is 23.4 Å². The molecule has 3 aromatic heterocycles. The van der Waals surface area contributed by atoms with E-state index in [9.17, 15) is 18.3 Å². The third-order valence-corrected chi connectivity index (χ3v) is 4.35. The lowest BCUT2D eigenvalue weighted by Crippen LogP contribution is -2.11. The lowest BCUT2D eigenvalue weighted by atomic mass is 10.1. The van der Waals surface area contributed by atoms with Crippen molar-refractivity contribution in [1.29, 1.82) is 0 Å². The van der Waals surface area contributed by atoms with Crippen LogP contribution in [0.1, 0.15) is 12.5 Å². The van der Waals surface area contributed by atoms with Gasteiger partial charge in [-0.05, 0) is 25.1 Å². The first kappa shape index (κ1) is 20.4. The molecule has 0 aliphatic rings. The summed E-state index contributed by atoms with van der Waals surface area (Å²) in [5.74, 6) is -0.373. The van der Waals surface area contributed by atoms with Gasteiger partial charge < -0.3 is 14.6 Å². The highest BCUT2D eigenvalue weighted by Gasteiger charge is 2.36. The van der Waals surface area contributed by atoms with Gasteiger partial charge in [0.25, 0.3) is 0 Å². The number of benzene rings is 1. The average Bonchev–Trinajstić information content (AvgIpc) is 3.11. The second-order valence-electron chi connectivity index (χ2n) is 6.30. The molecule has 0 radical (unpaired) electrons. The average molecular weight is 431 g/mol. The zero-order chi connectivity index (χ0) is 22.2. The van der Waals surface area contributed by atoms with Crippen molar-refractivity contribution in [1.82, 2.24) is 24.5 Å². The quantitative estimate of drug-likeness (QED) is 0.510. The molecule has 160 valence electrons. The number of aromatic hydroxyl groups is 1. The van der Waals surface area contributed by atoms with Crippen LogP contribution in [0.4, 0.5) is 13.2 Å². The van der Waals surface area contributed by atoms with Crippen molar-refractivity contribution < 1.29 is 27.8 Å². The number of alkyl halides is 3. The minimum Gasteiger partial charge on any atom is -0.494 e. The molecule has 0 aliphatic carbocycles. The van der Waals surface area contributed by atoms with Crippen molar-refractivity contribution in [3.63, 3.8) is 0 Å². The van der Waals surface area contributed by atoms with Crippen LogP contribution < -0.4 is 9.47 Å². The minimum atomic E-state index is -4.65. The Morgan fingerprint density at radius 2 is 1.84 bits per heavy atom. The monoisotopic (exact) mass is 431 g/mol. The predicted octanol–water partition coefficient (Wildman–Crippen LogP) is 4.01. The minimum absolute atomic E-state index is 0.0123. The van der Waals surface area contributed by atoms with E-state index in [0.717, 1.165) is 19.4 Å². The van der Waals surface area contributed by atoms with Crippen LogP contribution in [-0.4, -0.2) is 43.3 Å². The number of fused-ring (bicyclic) bond motifs is 1. The Morgan fingerprint density at radius 3 is 2.55 bits per heavy atom. The Hall–Kier alpha value is -3.89. The van der Waals surface area contributed by atoms with E-state index in [-0.39, 0.29) is 22.8 Å². The molecule has 3 heterocycles. The molecule has 0 bridgehead atoms. The van der Waals surface area contributed by atoms with Crippen LogP contribution in [-0.2, 0) is 6.18 Å². The number of aromatic nitrogens is 5. The number of methoxy groups -OCH3 is 1. The predicted molar refractivity (Wildman–Crippen MR) is 104 cm³/mol. The van der Waals surface area contributed by atoms with E-state index in [1.807, 2.05) is 0 Å². The number of ether oxygens (including phenoxy) is 2. The Balaban J connectivity index is 2.06. The Bertz CT molecular complexity index is 1260. The van der Waals surface area contributed by atoms with Crippen molar-refractivity contribution in [2.75, 3.05) is 13.7 Å². The molecule has 11 heteroatoms. The van der Waals surface area contributed by atoms with Crippen molar-refractivity contribution in [3.8, 4) is 34.7 Å². The van der Waals surface area contributed by atoms with E-state index in [0.29, 0.717) is 18.2 Å². The third kappa shape index (κ3) is 3.69. The number of nitrogens with zero attached hydrogens (tertiary/aromatic N) is 5. The van der Waals surface area contributed by atoms with Gasteiger partial charge in [-0.3, -0.25) is 4.57 Å². The van der Waals surface area contributed by atoms with Crippen LogP contribution in [0.2, 0.25) is 0 Å². The molecule has 0 fully saturated rings. The van der Waals surface area contributed by atoms with Gasteiger partial charge in [-0.1, -0.05) is 12.1 Å². The molecule has 0 unspecified atom stereocenters. The summed E-state index contributed by atoms with van der Waals surface area (Å²) in [6.45, 7) is 2.18. The van der Waals surface area contributed by atoms with Gasteiger partial charge in [-0.25, -0.2) is 15.0 Å². The number of hydrogen-bond donors (Lipinski definition) is 1. The van der Waals surface area contributed by atoms with Gasteiger partial charge in [-0.15, -0.1) is 0 Å². The summed E-state index contributed by atoms with van der Waals surface area (Å²) in [6.07, 6.45) is -3.56. The van der Waals surface area contributed by atoms with E-state index >= 15 is 0 Å². The summed E-state index contributed by atoms with van der Waals surface area (Å²) in [4.78, 5) is 16.8. The largest absolute Gasteiger partial charge is 0.494 e. The Morgan fingerprint density at radius 1 is 1.06 bits per heavy atom. The summed E-state index contributed by atoms with van der Waals surface area (Å²) >= 11 is 0. The maximum atomic E-state index is 13.6. The molecule has 0 saturated carbocycles. The number of hydrogen-bond acceptors (Lipinski definition) is 7. The number of pyridine rings is 1. The maximum Gasteiger partial charge on any atom is 0.420 e. The Kier molecular flexibility index (Phi) is 5.09. The molecular formula is C20H16F3N5O3. The molecule has 1 N–H and O–H groups in total. The van der Waals surface area contributed by atoms with E-state index in [1.54, 1.807) is 25.1 Å². The van der Waals surface area contributed by atoms with Gasteiger partial charge in [0, 0.05) is 6.07 Å². The first-order valence-electron chi connectivity index (χ1n) is 9.12. The van der Waals surface area contributed by atoms with Crippen molar-refractivity contribution in [3.05, 3.63) is 48.2 Å². The fourth-order valence-electron chi connectivity index (χ4n) is 3.15. The standard InChI is InChI=1S/C20H16F3N5O3/c1-3-31-15-9-5-7-12(25-15)18-27-17-19(26-14(29)10-24-17)28(18)13-8-4-6-11(16(13)30-2)20(21,22)23/h4-10H,3H2,1-2H3,(H,26,29). The molecular weight excluding hydrogens is 415 g/mol. The Labute approximate surface area is 174 Å². The van der Waals surface area contributed by atoms with E-state index in [1.165, 1.54) is 16.7 Å². The summed E-state index contributed by atoms with van der Waals surface area (Å²) in [7, 11) is 1.14. The SMILES string of the molecule is CCOc1cccc(-c2nc3ncc(O)nc3n2-c2cccc(C(F)(F)F)c2OC)n1. The second kappa shape index (κ2) is 7.74. The van der Waals surface area contributed by atoms with Crippen LogP contribution >= 0.6 is 0 Å². The summed E-state index contributed by atoms with van der Waals surface area (Å²) in [5, 5.41) is 9.84. The molecule has 0 amide bonds. The fourth-order valence-corrected chi connectivity index (χ4v) is 3.15. The molecule has 0 aliphatic heterocycles. The molecule has 0 atom stereocenters. The highest BCUT2D eigenvalue weighted by atomic mass is 19.4. The van der Waals surface area contributed by atoms with Crippen LogP contribution in [0.25, 0.3) is 28.5 Å². The van der Waals surface area contributed by atoms with Gasteiger partial charge in [0.2, 0.25) is 11.8 Å². The highest BCUT2D eigenvalue weighted by molar-refractivity contribution is 5.78. The highest BCUT2D eigenvalue weighted by Crippen LogP contribution is 2.41. The molecule has 0 saturated heterocycles. The van der Waals surface area contributed by atoms with Gasteiger partial charge in [0.05, 0.1) is 31.2 Å². The zero-order valence-electron chi connectivity index (χ0n) is 16.4. The topological polar surface area (TPSA) is 95.2 Å². The summed E-state index contributed by atoms with van der Waals surface area (Å²) in [5.41, 5.74) is -0.500. The van der Waals surface area contributed by atoms with Crippen molar-refractivity contribution in [2.45, 2.75) is 13.1 Å². The normalized spacial score (nSPS) is 11.6. The molecule has 4 rings (SSSR count). The number of para-hydroxylation sites is 1. The zero-order valence-corrected chi connectivity index (χ0v) is 16.4. The first-order valence-corrected chi connectivity index (χ1v) is 9.12. The van der Waals surface area contributed by atoms with E-state index in [2.05, 4.69) is 19.9 Å². The first-order chi connectivity index (χ1) is 14.8. The van der Waals surface area contributed by atoms with Gasteiger partial charge in [0.1, 0.15) is 5.69 Å². The van der Waals surface area contributed by atoms with Gasteiger partial charge in [0.15, 0.2) is 22.9 Å². The molecule has 4 aromatic rings. The lowest BCUT2D eigenvalue weighted by molar-refractivity contribution is -0.138. The van der Waals surface area contributed by atoms with Crippen molar-refractivity contribution >= 4 is 11.3 Å². The van der Waals surface area contributed by atoms with Crippen LogP contribution in [0.3, 0.4) is 0 Å². The molecule has 0 spiro atoms. The van der Waals surface area contributed by atoms with Crippen molar-refractivity contribution in [2.24, 2.45) is 0 Å². The van der Waals surface area contributed by atoms with Crippen LogP contribution in [0.15, 0.2) is 42.6 Å². The number of rotatable bonds is 5. The fraction of sp³-hybridized carbons (Fsp3) is 0.200. The molecule has 1 aromatic carbocycles. The smallest absolute Gasteiger partial charge is 0.420 e. The number of imidazole rings is 1. The molecule has 31 heavy (non-hydrogen) atoms. The van der Waals surface area contributed by atoms with Crippen LogP contribution in [0, 0.1) is 0 Å². The number of halogens is 3. The third-order valence-electron chi connectivity index (χ3n) is 4.35. The van der Waals surface area contributed by atoms with E-state index in [4.69, 9.17) is 9.47 Å². The lowest BCUT2D eigenvalue weighted by Gasteiger charge is -2.17. The van der Waals surface area contributed by atoms with Gasteiger partial charge in [-0.2, -0.15) is 18.2 Å². The summed E-state index contributed by atoms with van der Waals surface area (Å²) < 4.78 is 52.7. The summed E-state index contributed by atoms with van der Waals surface area (Å²) in [6, 6.07) is 8.54.